The highest BCUT2D eigenvalue weighted by Crippen LogP contribution is 2.38. The number of benzene rings is 4. The van der Waals surface area contributed by atoms with E-state index in [1.165, 1.54) is 50.3 Å². The summed E-state index contributed by atoms with van der Waals surface area (Å²) in [4.78, 5) is 35.5. The molecule has 2 N–H and O–H groups in total. The van der Waals surface area contributed by atoms with Gasteiger partial charge in [-0.2, -0.15) is 0 Å². The highest BCUT2D eigenvalue weighted by molar-refractivity contribution is 5.92. The molecule has 57 heavy (non-hydrogen) atoms. The molecule has 4 rings (SSSR count). The molecule has 4 aromatic rings. The molecule has 0 aliphatic heterocycles. The summed E-state index contributed by atoms with van der Waals surface area (Å²) < 4.78 is 22.5. The van der Waals surface area contributed by atoms with Crippen molar-refractivity contribution >= 4 is 23.3 Å². The quantitative estimate of drug-likeness (QED) is 0.0125. The standard InChI is InChI=1S/C47H58N2O8/c1-4-6-7-15-18-35(3)56-45-34-43(48)42(33-44(45)49(52)53)38-19-21-39(22-20-38)47(51)57-41-29-25-37(26-30-41)36-23-27-40(28-24-36)54-31-16-13-11-9-8-10-12-14-17-32-55-46(50)5-2/h5,19-30,33-35H,2,4,6-18,31-32,48H2,1,3H3/t35-/m1/s1. The van der Waals surface area contributed by atoms with Gasteiger partial charge in [0.25, 0.3) is 0 Å². The fraction of sp³-hybridized carbons (Fsp3) is 0.404. The lowest BCUT2D eigenvalue weighted by molar-refractivity contribution is -0.386. The Labute approximate surface area is 337 Å². The van der Waals surface area contributed by atoms with Crippen LogP contribution in [0.25, 0.3) is 22.3 Å². The van der Waals surface area contributed by atoms with E-state index >= 15 is 0 Å². The lowest BCUT2D eigenvalue weighted by Gasteiger charge is -2.16. The fourth-order valence-electron chi connectivity index (χ4n) is 6.48. The SMILES string of the molecule is C=CC(=O)OCCCCCCCCCCCOc1ccc(-c2ccc(OC(=O)c3ccc(-c4cc([N+](=O)[O-])c(O[C@H](C)CCCCCC)cc4N)cc3)cc2)cc1. The molecule has 0 amide bonds. The van der Waals surface area contributed by atoms with Gasteiger partial charge in [0, 0.05) is 29.5 Å². The van der Waals surface area contributed by atoms with Crippen molar-refractivity contribution < 1.29 is 33.5 Å². The average molecular weight is 779 g/mol. The van der Waals surface area contributed by atoms with Gasteiger partial charge >= 0.3 is 17.6 Å². The van der Waals surface area contributed by atoms with Crippen LogP contribution in [0.5, 0.6) is 17.2 Å². The molecule has 0 spiro atoms. The van der Waals surface area contributed by atoms with Gasteiger partial charge in [0.2, 0.25) is 0 Å². The van der Waals surface area contributed by atoms with E-state index in [-0.39, 0.29) is 23.5 Å². The summed E-state index contributed by atoms with van der Waals surface area (Å²) in [5, 5.41) is 12.0. The Morgan fingerprint density at radius 1 is 0.737 bits per heavy atom. The maximum atomic E-state index is 13.0. The zero-order chi connectivity index (χ0) is 40.8. The first-order chi connectivity index (χ1) is 27.7. The van der Waals surface area contributed by atoms with Crippen molar-refractivity contribution in [2.75, 3.05) is 18.9 Å². The van der Waals surface area contributed by atoms with E-state index in [4.69, 9.17) is 24.7 Å². The molecule has 0 aromatic heterocycles. The number of nitrogen functional groups attached to an aromatic ring is 1. The Kier molecular flexibility index (Phi) is 18.6. The van der Waals surface area contributed by atoms with Crippen LogP contribution in [0.4, 0.5) is 11.4 Å². The minimum Gasteiger partial charge on any atom is -0.494 e. The van der Waals surface area contributed by atoms with E-state index in [1.54, 1.807) is 36.4 Å². The zero-order valence-corrected chi connectivity index (χ0v) is 33.5. The molecule has 4 aromatic carbocycles. The van der Waals surface area contributed by atoms with Gasteiger partial charge in [0.15, 0.2) is 5.75 Å². The molecule has 0 heterocycles. The van der Waals surface area contributed by atoms with Gasteiger partial charge in [-0.15, -0.1) is 0 Å². The molecule has 1 atom stereocenters. The van der Waals surface area contributed by atoms with E-state index < -0.39 is 10.9 Å². The second-order valence-electron chi connectivity index (χ2n) is 14.4. The summed E-state index contributed by atoms with van der Waals surface area (Å²) in [5.74, 6) is 0.519. The molecule has 0 aliphatic rings. The van der Waals surface area contributed by atoms with Crippen molar-refractivity contribution in [2.45, 2.75) is 110 Å². The number of esters is 2. The molecule has 0 saturated heterocycles. The number of hydrogen-bond acceptors (Lipinski definition) is 9. The van der Waals surface area contributed by atoms with Crippen LogP contribution in [-0.2, 0) is 9.53 Å². The van der Waals surface area contributed by atoms with Crippen molar-refractivity contribution in [3.05, 3.63) is 113 Å². The van der Waals surface area contributed by atoms with E-state index in [2.05, 4.69) is 13.5 Å². The Hall–Kier alpha value is -5.64. The van der Waals surface area contributed by atoms with Crippen LogP contribution in [0.15, 0.2) is 97.6 Å². The van der Waals surface area contributed by atoms with Crippen LogP contribution in [0, 0.1) is 10.1 Å². The average Bonchev–Trinajstić information content (AvgIpc) is 3.21. The Morgan fingerprint density at radius 3 is 1.86 bits per heavy atom. The number of nitro groups is 1. The van der Waals surface area contributed by atoms with Crippen LogP contribution < -0.4 is 19.9 Å². The minimum atomic E-state index is -0.524. The predicted molar refractivity (Wildman–Crippen MR) is 227 cm³/mol. The third-order valence-electron chi connectivity index (χ3n) is 9.77. The summed E-state index contributed by atoms with van der Waals surface area (Å²) in [6, 6.07) is 24.8. The third-order valence-corrected chi connectivity index (χ3v) is 9.77. The van der Waals surface area contributed by atoms with Crippen molar-refractivity contribution in [3.63, 3.8) is 0 Å². The van der Waals surface area contributed by atoms with Crippen molar-refractivity contribution in [1.29, 1.82) is 0 Å². The molecule has 10 heteroatoms. The Morgan fingerprint density at radius 2 is 1.28 bits per heavy atom. The molecule has 304 valence electrons. The summed E-state index contributed by atoms with van der Waals surface area (Å²) in [6.07, 6.45) is 16.4. The largest absolute Gasteiger partial charge is 0.494 e. The van der Waals surface area contributed by atoms with Crippen LogP contribution in [-0.4, -0.2) is 36.2 Å². The normalized spacial score (nSPS) is 11.4. The van der Waals surface area contributed by atoms with Crippen LogP contribution in [0.2, 0.25) is 0 Å². The van der Waals surface area contributed by atoms with Crippen LogP contribution in [0.1, 0.15) is 114 Å². The molecule has 0 saturated carbocycles. The minimum absolute atomic E-state index is 0.151. The van der Waals surface area contributed by atoms with Crippen molar-refractivity contribution in [3.8, 4) is 39.5 Å². The second kappa shape index (κ2) is 24.1. The van der Waals surface area contributed by atoms with E-state index in [9.17, 15) is 19.7 Å². The van der Waals surface area contributed by atoms with Crippen molar-refractivity contribution in [2.24, 2.45) is 0 Å². The molecular weight excluding hydrogens is 721 g/mol. The van der Waals surface area contributed by atoms with Gasteiger partial charge < -0.3 is 24.7 Å². The van der Waals surface area contributed by atoms with Gasteiger partial charge in [-0.3, -0.25) is 10.1 Å². The summed E-state index contributed by atoms with van der Waals surface area (Å²) in [7, 11) is 0. The maximum absolute atomic E-state index is 13.0. The number of nitrogens with zero attached hydrogens (tertiary/aromatic N) is 1. The van der Waals surface area contributed by atoms with E-state index in [1.807, 2.05) is 43.3 Å². The van der Waals surface area contributed by atoms with Gasteiger partial charge in [-0.1, -0.05) is 114 Å². The number of ether oxygens (including phenoxy) is 4. The van der Waals surface area contributed by atoms with E-state index in [0.717, 1.165) is 74.7 Å². The topological polar surface area (TPSA) is 140 Å². The molecule has 0 aliphatic carbocycles. The van der Waals surface area contributed by atoms with Crippen LogP contribution >= 0.6 is 0 Å². The van der Waals surface area contributed by atoms with Gasteiger partial charge in [0.05, 0.1) is 29.8 Å². The third kappa shape index (κ3) is 15.1. The number of rotatable bonds is 26. The molecular formula is C47H58N2O8. The van der Waals surface area contributed by atoms with Gasteiger partial charge in [0.1, 0.15) is 11.5 Å². The number of carbonyl (C=O) groups excluding carboxylic acids is 2. The number of nitrogens with two attached hydrogens (primary N) is 1. The highest BCUT2D eigenvalue weighted by Gasteiger charge is 2.22. The first kappa shape index (κ1) is 44.1. The monoisotopic (exact) mass is 778 g/mol. The smallest absolute Gasteiger partial charge is 0.343 e. The number of carbonyl (C=O) groups is 2. The van der Waals surface area contributed by atoms with Gasteiger partial charge in [-0.05, 0) is 85.7 Å². The number of nitro benzene ring substituents is 1. The summed E-state index contributed by atoms with van der Waals surface area (Å²) >= 11 is 0. The van der Waals surface area contributed by atoms with E-state index in [0.29, 0.717) is 41.3 Å². The fourth-order valence-corrected chi connectivity index (χ4v) is 6.48. The molecule has 0 unspecified atom stereocenters. The maximum Gasteiger partial charge on any atom is 0.343 e. The lowest BCUT2D eigenvalue weighted by Crippen LogP contribution is -2.13. The number of unbranched alkanes of at least 4 members (excludes halogenated alkanes) is 11. The molecule has 0 bridgehead atoms. The summed E-state index contributed by atoms with van der Waals surface area (Å²) in [5.41, 5.74) is 9.98. The highest BCUT2D eigenvalue weighted by atomic mass is 16.6. The molecule has 0 fully saturated rings. The first-order valence-corrected chi connectivity index (χ1v) is 20.4. The summed E-state index contributed by atoms with van der Waals surface area (Å²) in [6.45, 7) is 8.62. The zero-order valence-electron chi connectivity index (χ0n) is 33.5. The second-order valence-corrected chi connectivity index (χ2v) is 14.4. The lowest BCUT2D eigenvalue weighted by atomic mass is 10.0. The first-order valence-electron chi connectivity index (χ1n) is 20.4. The number of anilines is 1. The number of hydrogen-bond donors (Lipinski definition) is 1. The van der Waals surface area contributed by atoms with Crippen molar-refractivity contribution in [1.82, 2.24) is 0 Å². The van der Waals surface area contributed by atoms with Gasteiger partial charge in [-0.25, -0.2) is 9.59 Å². The Bertz CT molecular complexity index is 1860. The molecule has 0 radical (unpaired) electrons. The van der Waals surface area contributed by atoms with Crippen LogP contribution in [0.3, 0.4) is 0 Å². The predicted octanol–water partition coefficient (Wildman–Crippen LogP) is 12.1. The Balaban J connectivity index is 1.19. The molecule has 10 nitrogen and oxygen atoms in total.